The van der Waals surface area contributed by atoms with Gasteiger partial charge in [-0.05, 0) is 36.9 Å². The number of carboxylic acid groups (broad SMARTS) is 2. The lowest BCUT2D eigenvalue weighted by molar-refractivity contribution is -0.192. The largest absolute Gasteiger partial charge is 0.493 e. The van der Waals surface area contributed by atoms with Crippen molar-refractivity contribution in [3.8, 4) is 11.5 Å². The van der Waals surface area contributed by atoms with Crippen LogP contribution in [0.5, 0.6) is 11.5 Å². The highest BCUT2D eigenvalue weighted by molar-refractivity contribution is 7.92. The summed E-state index contributed by atoms with van der Waals surface area (Å²) in [6.07, 6.45) is -5.08. The summed E-state index contributed by atoms with van der Waals surface area (Å²) in [7, 11) is -1.12. The number of aliphatic carboxylic acids is 1. The first kappa shape index (κ1) is 30.5. The molecule has 1 saturated heterocycles. The number of hydrogen-bond donors (Lipinski definition) is 3. The summed E-state index contributed by atoms with van der Waals surface area (Å²) in [5.41, 5.74) is 0.866. The minimum absolute atomic E-state index is 0.000885. The van der Waals surface area contributed by atoms with Gasteiger partial charge in [0.25, 0.3) is 10.0 Å². The number of methoxy groups -OCH3 is 2. The van der Waals surface area contributed by atoms with E-state index in [1.54, 1.807) is 6.07 Å². The molecular weight excluding hydrogens is 535 g/mol. The van der Waals surface area contributed by atoms with Gasteiger partial charge >= 0.3 is 18.1 Å². The maximum atomic E-state index is 13.1. The Morgan fingerprint density at radius 1 is 0.974 bits per heavy atom. The Hall–Kier alpha value is -3.72. The molecule has 0 bridgehead atoms. The van der Waals surface area contributed by atoms with Gasteiger partial charge in [-0.1, -0.05) is 6.92 Å². The van der Waals surface area contributed by atoms with E-state index in [0.29, 0.717) is 24.5 Å². The fraction of sp³-hybridized carbons (Fsp3) is 0.391. The molecule has 0 amide bonds. The minimum atomic E-state index is -5.08. The van der Waals surface area contributed by atoms with Gasteiger partial charge in [-0.2, -0.15) is 13.2 Å². The smallest absolute Gasteiger partial charge is 0.490 e. The number of ether oxygens (including phenoxy) is 2. The molecule has 1 heterocycles. The van der Waals surface area contributed by atoms with Gasteiger partial charge in [0.1, 0.15) is 0 Å². The third-order valence-electron chi connectivity index (χ3n) is 5.56. The number of benzene rings is 2. The molecule has 3 rings (SSSR count). The number of halogens is 3. The van der Waals surface area contributed by atoms with Gasteiger partial charge in [0, 0.05) is 32.2 Å². The molecule has 0 atom stereocenters. The molecule has 0 unspecified atom stereocenters. The van der Waals surface area contributed by atoms with Crippen molar-refractivity contribution >= 4 is 33.3 Å². The summed E-state index contributed by atoms with van der Waals surface area (Å²) in [4.78, 5) is 24.7. The molecule has 1 aliphatic rings. The van der Waals surface area contributed by atoms with Crippen molar-refractivity contribution in [2.45, 2.75) is 18.0 Å². The van der Waals surface area contributed by atoms with E-state index in [9.17, 15) is 31.5 Å². The second-order valence-corrected chi connectivity index (χ2v) is 9.57. The van der Waals surface area contributed by atoms with Gasteiger partial charge in [-0.3, -0.25) is 4.72 Å². The van der Waals surface area contributed by atoms with Crippen molar-refractivity contribution in [3.63, 3.8) is 0 Å². The highest BCUT2D eigenvalue weighted by atomic mass is 32.2. The molecule has 1 aliphatic heterocycles. The molecule has 0 aromatic heterocycles. The van der Waals surface area contributed by atoms with Crippen LogP contribution in [0.1, 0.15) is 17.3 Å². The number of sulfonamides is 1. The Bertz CT molecular complexity index is 1250. The summed E-state index contributed by atoms with van der Waals surface area (Å²) in [5, 5.41) is 16.5. The number of aromatic carboxylic acids is 1. The minimum Gasteiger partial charge on any atom is -0.493 e. The number of carboxylic acids is 2. The first-order valence-corrected chi connectivity index (χ1v) is 12.6. The normalized spacial score (nSPS) is 14.2. The van der Waals surface area contributed by atoms with Gasteiger partial charge < -0.3 is 29.5 Å². The summed E-state index contributed by atoms with van der Waals surface area (Å²) in [5.74, 6) is -3.20. The van der Waals surface area contributed by atoms with Crippen LogP contribution in [-0.2, 0) is 14.8 Å². The molecule has 2 aromatic carbocycles. The third kappa shape index (κ3) is 7.89. The van der Waals surface area contributed by atoms with E-state index in [2.05, 4.69) is 21.4 Å². The number of nitrogens with zero attached hydrogens (tertiary/aromatic N) is 2. The van der Waals surface area contributed by atoms with E-state index in [4.69, 9.17) is 19.4 Å². The van der Waals surface area contributed by atoms with Crippen molar-refractivity contribution in [1.29, 1.82) is 0 Å². The van der Waals surface area contributed by atoms with Crippen LogP contribution in [0.15, 0.2) is 41.3 Å². The molecule has 0 radical (unpaired) electrons. The van der Waals surface area contributed by atoms with E-state index in [1.165, 1.54) is 44.6 Å². The lowest BCUT2D eigenvalue weighted by Crippen LogP contribution is -2.46. The summed E-state index contributed by atoms with van der Waals surface area (Å²) >= 11 is 0. The molecule has 1 fully saturated rings. The van der Waals surface area contributed by atoms with Crippen LogP contribution in [0.2, 0.25) is 0 Å². The van der Waals surface area contributed by atoms with Crippen LogP contribution in [-0.4, -0.2) is 88.6 Å². The number of nitrogens with one attached hydrogen (secondary N) is 1. The van der Waals surface area contributed by atoms with Crippen LogP contribution < -0.4 is 19.1 Å². The van der Waals surface area contributed by atoms with E-state index in [1.807, 2.05) is 0 Å². The highest BCUT2D eigenvalue weighted by Crippen LogP contribution is 2.33. The van der Waals surface area contributed by atoms with Gasteiger partial charge in [-0.25, -0.2) is 18.0 Å². The zero-order valence-corrected chi connectivity index (χ0v) is 21.6. The van der Waals surface area contributed by atoms with Crippen LogP contribution in [0.4, 0.5) is 24.5 Å². The Labute approximate surface area is 217 Å². The molecule has 11 nitrogen and oxygen atoms in total. The lowest BCUT2D eigenvalue weighted by Gasteiger charge is -2.36. The van der Waals surface area contributed by atoms with Crippen molar-refractivity contribution in [1.82, 2.24) is 4.90 Å². The summed E-state index contributed by atoms with van der Waals surface area (Å²) < 4.78 is 70.9. The van der Waals surface area contributed by atoms with Crippen molar-refractivity contribution < 1.29 is 50.9 Å². The number of rotatable bonds is 8. The zero-order valence-electron chi connectivity index (χ0n) is 20.8. The molecule has 0 aliphatic carbocycles. The maximum absolute atomic E-state index is 13.1. The van der Waals surface area contributed by atoms with Crippen LogP contribution in [0.3, 0.4) is 0 Å². The van der Waals surface area contributed by atoms with Gasteiger partial charge in [0.15, 0.2) is 11.5 Å². The maximum Gasteiger partial charge on any atom is 0.490 e. The number of hydrogen-bond acceptors (Lipinski definition) is 8. The Kier molecular flexibility index (Phi) is 10.2. The lowest BCUT2D eigenvalue weighted by atomic mass is 10.1. The van der Waals surface area contributed by atoms with Gasteiger partial charge in [-0.15, -0.1) is 0 Å². The molecule has 210 valence electrons. The van der Waals surface area contributed by atoms with E-state index in [-0.39, 0.29) is 21.9 Å². The second-order valence-electron chi connectivity index (χ2n) is 7.88. The first-order valence-electron chi connectivity index (χ1n) is 11.1. The summed E-state index contributed by atoms with van der Waals surface area (Å²) in [6.45, 7) is 6.17. The van der Waals surface area contributed by atoms with Crippen LogP contribution in [0.25, 0.3) is 0 Å². The number of likely N-dealkylation sites (N-methyl/N-ethyl adjacent to an activating group) is 1. The quantitative estimate of drug-likeness (QED) is 0.438. The SMILES string of the molecule is CCN1CCN(c2ccc(C(=O)O)cc2NS(=O)(=O)c2ccc(OC)c(OC)c2)CC1.O=C(O)C(F)(F)F. The Morgan fingerprint density at radius 3 is 2.03 bits per heavy atom. The predicted molar refractivity (Wildman–Crippen MR) is 132 cm³/mol. The van der Waals surface area contributed by atoms with E-state index >= 15 is 0 Å². The van der Waals surface area contributed by atoms with Gasteiger partial charge in [0.05, 0.1) is 36.1 Å². The molecule has 38 heavy (non-hydrogen) atoms. The standard InChI is InChI=1S/C21H27N3O6S.C2HF3O2/c1-4-23-9-11-24(12-10-23)18-7-5-15(21(25)26)13-17(18)22-31(27,28)16-6-8-19(29-2)20(14-16)30-3;3-2(4,5)1(6)7/h5-8,13-14,22H,4,9-12H2,1-3H3,(H,25,26);(H,6,7). The van der Waals surface area contributed by atoms with Crippen molar-refractivity contribution in [2.75, 3.05) is 56.6 Å². The Balaban J connectivity index is 0.000000638. The fourth-order valence-electron chi connectivity index (χ4n) is 3.52. The molecule has 2 aromatic rings. The number of piperazine rings is 1. The summed E-state index contributed by atoms with van der Waals surface area (Å²) in [6, 6.07) is 8.76. The van der Waals surface area contributed by atoms with E-state index in [0.717, 1.165) is 19.6 Å². The Morgan fingerprint density at radius 2 is 1.55 bits per heavy atom. The van der Waals surface area contributed by atoms with E-state index < -0.39 is 28.1 Å². The topological polar surface area (TPSA) is 146 Å². The van der Waals surface area contributed by atoms with Gasteiger partial charge in [0.2, 0.25) is 0 Å². The van der Waals surface area contributed by atoms with Crippen molar-refractivity contribution in [3.05, 3.63) is 42.0 Å². The average molecular weight is 564 g/mol. The molecule has 3 N–H and O–H groups in total. The molecular formula is C23H28F3N3O8S. The molecule has 0 spiro atoms. The molecule has 0 saturated carbocycles. The predicted octanol–water partition coefficient (Wildman–Crippen LogP) is 2.98. The number of alkyl halides is 3. The zero-order chi connectivity index (χ0) is 28.7. The van der Waals surface area contributed by atoms with Crippen molar-refractivity contribution in [2.24, 2.45) is 0 Å². The average Bonchev–Trinajstić information content (AvgIpc) is 2.87. The number of carbonyl (C=O) groups is 2. The number of anilines is 2. The first-order chi connectivity index (χ1) is 17.7. The monoisotopic (exact) mass is 563 g/mol. The second kappa shape index (κ2) is 12.7. The third-order valence-corrected chi connectivity index (χ3v) is 6.92. The fourth-order valence-corrected chi connectivity index (χ4v) is 4.60. The highest BCUT2D eigenvalue weighted by Gasteiger charge is 2.38. The molecule has 15 heteroatoms. The van der Waals surface area contributed by atoms with Crippen LogP contribution >= 0.6 is 0 Å². The van der Waals surface area contributed by atoms with Crippen LogP contribution in [0, 0.1) is 0 Å².